The molecule has 2 nitrogen and oxygen atoms in total. The number of aromatic nitrogens is 1. The first kappa shape index (κ1) is 9.23. The molecule has 2 atom stereocenters. The average Bonchev–Trinajstić information content (AvgIpc) is 2.58. The highest BCUT2D eigenvalue weighted by Crippen LogP contribution is 2.34. The van der Waals surface area contributed by atoms with Crippen LogP contribution in [-0.2, 0) is 0 Å². The summed E-state index contributed by atoms with van der Waals surface area (Å²) in [6.07, 6.45) is 1.94. The number of nitrogens with one attached hydrogen (secondary N) is 1. The van der Waals surface area contributed by atoms with Crippen LogP contribution < -0.4 is 5.32 Å². The highest BCUT2D eigenvalue weighted by atomic mass is 127. The normalized spacial score (nSPS) is 29.5. The third kappa shape index (κ3) is 1.94. The zero-order valence-corrected chi connectivity index (χ0v) is 10.4. The van der Waals surface area contributed by atoms with Crippen molar-refractivity contribution in [1.82, 2.24) is 10.3 Å². The number of halogens is 1. The van der Waals surface area contributed by atoms with Crippen molar-refractivity contribution in [1.29, 1.82) is 0 Å². The average molecular weight is 312 g/mol. The second-order valence-electron chi connectivity index (χ2n) is 2.78. The summed E-state index contributed by atoms with van der Waals surface area (Å²) in [6, 6.07) is 0.626. The predicted molar refractivity (Wildman–Crippen MR) is 62.6 cm³/mol. The Bertz CT molecular complexity index is 276. The highest BCUT2D eigenvalue weighted by Gasteiger charge is 2.24. The smallest absolute Gasteiger partial charge is 0.121 e. The summed E-state index contributed by atoms with van der Waals surface area (Å²) in [7, 11) is 0. The van der Waals surface area contributed by atoms with E-state index >= 15 is 0 Å². The quantitative estimate of drug-likeness (QED) is 0.807. The predicted octanol–water partition coefficient (Wildman–Crippen LogP) is 2.47. The molecule has 1 fully saturated rings. The molecule has 1 aromatic rings. The second-order valence-corrected chi connectivity index (χ2v) is 6.88. The minimum atomic E-state index is 0.438. The van der Waals surface area contributed by atoms with Gasteiger partial charge in [0.25, 0.3) is 0 Å². The number of nitrogens with zero attached hydrogens (tertiary/aromatic N) is 1. The Labute approximate surface area is 93.7 Å². The molecule has 1 saturated heterocycles. The first-order valence-electron chi connectivity index (χ1n) is 3.74. The topological polar surface area (TPSA) is 24.9 Å². The molecule has 1 aliphatic heterocycles. The first-order valence-corrected chi connectivity index (χ1v) is 6.69. The molecule has 66 valence electrons. The molecule has 1 N–H and O–H groups in total. The van der Waals surface area contributed by atoms with Gasteiger partial charge >= 0.3 is 0 Å². The van der Waals surface area contributed by atoms with Gasteiger partial charge < -0.3 is 0 Å². The summed E-state index contributed by atoms with van der Waals surface area (Å²) in [6.45, 7) is 2.21. The summed E-state index contributed by atoms with van der Waals surface area (Å²) < 4.78 is 1.27. The molecular formula is C7H9IN2S2. The Morgan fingerprint density at radius 1 is 1.75 bits per heavy atom. The van der Waals surface area contributed by atoms with Crippen LogP contribution in [-0.4, -0.2) is 16.8 Å². The van der Waals surface area contributed by atoms with Gasteiger partial charge in [0, 0.05) is 11.8 Å². The van der Waals surface area contributed by atoms with Crippen LogP contribution in [0.1, 0.15) is 17.3 Å². The Morgan fingerprint density at radius 3 is 3.08 bits per heavy atom. The van der Waals surface area contributed by atoms with E-state index in [-0.39, 0.29) is 0 Å². The Balaban J connectivity index is 2.11. The standard InChI is InChI=1S/C7H9IN2S2/c1-4-3-11-7(10-4)6-9-2-5(8)12-6/h2,4,7,10H,3H2,1H3. The lowest BCUT2D eigenvalue weighted by Gasteiger charge is -2.05. The van der Waals surface area contributed by atoms with Crippen LogP contribution in [0.25, 0.3) is 0 Å². The van der Waals surface area contributed by atoms with Crippen LogP contribution in [0, 0.1) is 2.88 Å². The molecular weight excluding hydrogens is 303 g/mol. The monoisotopic (exact) mass is 312 g/mol. The Kier molecular flexibility index (Phi) is 2.93. The molecule has 0 spiro atoms. The van der Waals surface area contributed by atoms with Gasteiger partial charge in [-0.1, -0.05) is 0 Å². The van der Waals surface area contributed by atoms with Gasteiger partial charge in [-0.05, 0) is 29.5 Å². The van der Waals surface area contributed by atoms with Crippen molar-refractivity contribution in [3.8, 4) is 0 Å². The molecule has 1 aliphatic rings. The van der Waals surface area contributed by atoms with E-state index in [1.54, 1.807) is 11.3 Å². The number of rotatable bonds is 1. The SMILES string of the molecule is CC1CSC(c2ncc(I)s2)N1. The fourth-order valence-electron chi connectivity index (χ4n) is 1.13. The van der Waals surface area contributed by atoms with Crippen LogP contribution in [0.4, 0.5) is 0 Å². The van der Waals surface area contributed by atoms with Crippen molar-refractivity contribution in [3.63, 3.8) is 0 Å². The van der Waals surface area contributed by atoms with E-state index in [9.17, 15) is 0 Å². The third-order valence-electron chi connectivity index (χ3n) is 1.67. The summed E-state index contributed by atoms with van der Waals surface area (Å²) in [5, 5.41) is 5.15. The van der Waals surface area contributed by atoms with E-state index in [1.165, 1.54) is 13.6 Å². The molecule has 12 heavy (non-hydrogen) atoms. The van der Waals surface area contributed by atoms with Gasteiger partial charge in [0.2, 0.25) is 0 Å². The van der Waals surface area contributed by atoms with E-state index < -0.39 is 0 Å². The van der Waals surface area contributed by atoms with E-state index in [2.05, 4.69) is 39.8 Å². The molecule has 0 aromatic carbocycles. The van der Waals surface area contributed by atoms with E-state index in [0.717, 1.165) is 0 Å². The van der Waals surface area contributed by atoms with E-state index in [0.29, 0.717) is 11.4 Å². The third-order valence-corrected chi connectivity index (χ3v) is 4.99. The van der Waals surface area contributed by atoms with Gasteiger partial charge in [0.1, 0.15) is 10.4 Å². The van der Waals surface area contributed by atoms with Gasteiger partial charge in [-0.2, -0.15) is 0 Å². The lowest BCUT2D eigenvalue weighted by molar-refractivity contribution is 0.616. The summed E-state index contributed by atoms with van der Waals surface area (Å²) >= 11 is 6.04. The Hall–Kier alpha value is 0.670. The van der Waals surface area contributed by atoms with Gasteiger partial charge in [-0.3, -0.25) is 5.32 Å². The summed E-state index contributed by atoms with van der Waals surface area (Å²) in [5.74, 6) is 1.20. The van der Waals surface area contributed by atoms with Gasteiger partial charge in [-0.15, -0.1) is 23.1 Å². The maximum atomic E-state index is 4.36. The van der Waals surface area contributed by atoms with Crippen molar-refractivity contribution in [2.75, 3.05) is 5.75 Å². The minimum Gasteiger partial charge on any atom is -0.296 e. The molecule has 2 heterocycles. The fourth-order valence-corrected chi connectivity index (χ4v) is 3.99. The molecule has 0 bridgehead atoms. The van der Waals surface area contributed by atoms with Gasteiger partial charge in [-0.25, -0.2) is 4.98 Å². The van der Waals surface area contributed by atoms with Crippen molar-refractivity contribution >= 4 is 45.7 Å². The second kappa shape index (κ2) is 3.81. The molecule has 0 radical (unpaired) electrons. The first-order chi connectivity index (χ1) is 5.75. The number of thioether (sulfide) groups is 1. The highest BCUT2D eigenvalue weighted by molar-refractivity contribution is 14.1. The van der Waals surface area contributed by atoms with Crippen molar-refractivity contribution in [2.45, 2.75) is 18.3 Å². The molecule has 0 saturated carbocycles. The van der Waals surface area contributed by atoms with Crippen LogP contribution in [0.15, 0.2) is 6.20 Å². The van der Waals surface area contributed by atoms with Crippen molar-refractivity contribution < 1.29 is 0 Å². The largest absolute Gasteiger partial charge is 0.296 e. The summed E-state index contributed by atoms with van der Waals surface area (Å²) in [4.78, 5) is 4.36. The van der Waals surface area contributed by atoms with Crippen LogP contribution in [0.2, 0.25) is 0 Å². The van der Waals surface area contributed by atoms with E-state index in [4.69, 9.17) is 0 Å². The van der Waals surface area contributed by atoms with Gasteiger partial charge in [0.15, 0.2) is 0 Å². The van der Waals surface area contributed by atoms with Crippen LogP contribution >= 0.6 is 45.7 Å². The lowest BCUT2D eigenvalue weighted by Crippen LogP contribution is -2.21. The molecule has 5 heteroatoms. The van der Waals surface area contributed by atoms with Crippen molar-refractivity contribution in [3.05, 3.63) is 14.1 Å². The van der Waals surface area contributed by atoms with Gasteiger partial charge in [0.05, 0.1) is 9.08 Å². The molecule has 0 aliphatic carbocycles. The maximum Gasteiger partial charge on any atom is 0.121 e. The number of thiazole rings is 1. The van der Waals surface area contributed by atoms with Crippen LogP contribution in [0.5, 0.6) is 0 Å². The molecule has 1 aromatic heterocycles. The number of hydrogen-bond donors (Lipinski definition) is 1. The number of hydrogen-bond acceptors (Lipinski definition) is 4. The lowest BCUT2D eigenvalue weighted by atomic mass is 10.4. The Morgan fingerprint density at radius 2 is 2.58 bits per heavy atom. The maximum absolute atomic E-state index is 4.36. The summed E-state index contributed by atoms with van der Waals surface area (Å²) in [5.41, 5.74) is 0. The zero-order chi connectivity index (χ0) is 8.55. The zero-order valence-electron chi connectivity index (χ0n) is 6.58. The van der Waals surface area contributed by atoms with E-state index in [1.807, 2.05) is 18.0 Å². The molecule has 2 unspecified atom stereocenters. The fraction of sp³-hybridized carbons (Fsp3) is 0.571. The molecule has 2 rings (SSSR count). The van der Waals surface area contributed by atoms with Crippen molar-refractivity contribution in [2.24, 2.45) is 0 Å². The minimum absolute atomic E-state index is 0.438. The molecule has 0 amide bonds. The van der Waals surface area contributed by atoms with Crippen LogP contribution in [0.3, 0.4) is 0 Å².